The molecule has 1 rings (SSSR count). The molecule has 78 valence electrons. The van der Waals surface area contributed by atoms with Gasteiger partial charge in [0.05, 0.1) is 0 Å². The largest absolute Gasteiger partial charge is 0.384 e. The van der Waals surface area contributed by atoms with E-state index in [2.05, 4.69) is 10.6 Å². The number of nitrogens with two attached hydrogens (primary N) is 1. The fraction of sp³-hybridized carbons (Fsp3) is 0.400. The quantitative estimate of drug-likeness (QED) is 0.625. The number of halogens is 1. The molecule has 0 aliphatic rings. The molecule has 0 unspecified atom stereocenters. The van der Waals surface area contributed by atoms with Crippen LogP contribution in [0.25, 0.3) is 0 Å². The maximum Gasteiger partial charge on any atom is 0.0426 e. The minimum atomic E-state index is 0.678. The number of rotatable bonds is 6. The van der Waals surface area contributed by atoms with E-state index in [0.29, 0.717) is 6.54 Å². The summed E-state index contributed by atoms with van der Waals surface area (Å²) in [6, 6.07) is 7.69. The van der Waals surface area contributed by atoms with Crippen LogP contribution in [0.4, 0.5) is 5.69 Å². The van der Waals surface area contributed by atoms with Crippen molar-refractivity contribution in [3.63, 3.8) is 0 Å². The average molecular weight is 214 g/mol. The molecule has 0 saturated carbocycles. The van der Waals surface area contributed by atoms with Crippen molar-refractivity contribution in [3.05, 3.63) is 29.3 Å². The molecular formula is C10H16ClN3. The van der Waals surface area contributed by atoms with Crippen LogP contribution in [0.5, 0.6) is 0 Å². The van der Waals surface area contributed by atoms with Gasteiger partial charge in [0.25, 0.3) is 0 Å². The zero-order valence-corrected chi connectivity index (χ0v) is 8.85. The second-order valence-corrected chi connectivity index (χ2v) is 3.41. The van der Waals surface area contributed by atoms with Crippen molar-refractivity contribution in [2.45, 2.75) is 0 Å². The first kappa shape index (κ1) is 11.3. The second-order valence-electron chi connectivity index (χ2n) is 2.98. The first-order valence-electron chi connectivity index (χ1n) is 4.73. The molecule has 0 saturated heterocycles. The Bertz CT molecular complexity index is 265. The van der Waals surface area contributed by atoms with Gasteiger partial charge in [-0.25, -0.2) is 0 Å². The predicted octanol–water partition coefficient (Wildman–Crippen LogP) is 1.30. The molecule has 1 aromatic rings. The van der Waals surface area contributed by atoms with Crippen molar-refractivity contribution in [2.75, 3.05) is 31.5 Å². The van der Waals surface area contributed by atoms with Gasteiger partial charge in [0.15, 0.2) is 0 Å². The van der Waals surface area contributed by atoms with Gasteiger partial charge >= 0.3 is 0 Å². The third-order valence-electron chi connectivity index (χ3n) is 1.78. The van der Waals surface area contributed by atoms with Crippen LogP contribution in [0.2, 0.25) is 5.02 Å². The summed E-state index contributed by atoms with van der Waals surface area (Å²) in [6.45, 7) is 3.32. The Hall–Kier alpha value is -0.770. The summed E-state index contributed by atoms with van der Waals surface area (Å²) in [4.78, 5) is 0. The second kappa shape index (κ2) is 6.65. The van der Waals surface area contributed by atoms with Crippen LogP contribution in [-0.2, 0) is 0 Å². The first-order chi connectivity index (χ1) is 6.83. The molecule has 0 spiro atoms. The lowest BCUT2D eigenvalue weighted by atomic mass is 10.3. The molecule has 0 aromatic heterocycles. The van der Waals surface area contributed by atoms with Crippen molar-refractivity contribution >= 4 is 17.3 Å². The maximum absolute atomic E-state index is 5.84. The van der Waals surface area contributed by atoms with Crippen LogP contribution in [-0.4, -0.2) is 26.2 Å². The molecule has 0 atom stereocenters. The van der Waals surface area contributed by atoms with Crippen LogP contribution >= 0.6 is 11.6 Å². The average Bonchev–Trinajstić information content (AvgIpc) is 2.18. The van der Waals surface area contributed by atoms with Crippen LogP contribution in [0.3, 0.4) is 0 Å². The van der Waals surface area contributed by atoms with Crippen LogP contribution < -0.4 is 16.4 Å². The summed E-state index contributed by atoms with van der Waals surface area (Å²) in [5.74, 6) is 0. The van der Waals surface area contributed by atoms with Crippen LogP contribution in [0, 0.1) is 0 Å². The molecule has 4 N–H and O–H groups in total. The van der Waals surface area contributed by atoms with Crippen molar-refractivity contribution in [2.24, 2.45) is 5.73 Å². The van der Waals surface area contributed by atoms with Gasteiger partial charge in [0.1, 0.15) is 0 Å². The van der Waals surface area contributed by atoms with Crippen LogP contribution in [0.1, 0.15) is 0 Å². The minimum absolute atomic E-state index is 0.678. The standard InChI is InChI=1S/C10H16ClN3/c11-9-2-1-3-10(8-9)14-7-6-13-5-4-12/h1-3,8,13-14H,4-7,12H2. The van der Waals surface area contributed by atoms with Crippen molar-refractivity contribution in [1.82, 2.24) is 5.32 Å². The number of hydrogen-bond acceptors (Lipinski definition) is 3. The van der Waals surface area contributed by atoms with Crippen molar-refractivity contribution in [3.8, 4) is 0 Å². The number of anilines is 1. The molecule has 0 bridgehead atoms. The minimum Gasteiger partial charge on any atom is -0.384 e. The summed E-state index contributed by atoms with van der Waals surface area (Å²) in [6.07, 6.45) is 0. The zero-order valence-electron chi connectivity index (χ0n) is 8.09. The summed E-state index contributed by atoms with van der Waals surface area (Å²) >= 11 is 5.84. The lowest BCUT2D eigenvalue weighted by Crippen LogP contribution is -2.27. The van der Waals surface area contributed by atoms with Gasteiger partial charge in [0.2, 0.25) is 0 Å². The van der Waals surface area contributed by atoms with Gasteiger partial charge < -0.3 is 16.4 Å². The lowest BCUT2D eigenvalue weighted by molar-refractivity contribution is 0.707. The summed E-state index contributed by atoms with van der Waals surface area (Å²) < 4.78 is 0. The van der Waals surface area contributed by atoms with Gasteiger partial charge in [0, 0.05) is 36.9 Å². The van der Waals surface area contributed by atoms with E-state index in [-0.39, 0.29) is 0 Å². The normalized spacial score (nSPS) is 10.1. The fourth-order valence-corrected chi connectivity index (χ4v) is 1.31. The van der Waals surface area contributed by atoms with E-state index < -0.39 is 0 Å². The van der Waals surface area contributed by atoms with Crippen molar-refractivity contribution in [1.29, 1.82) is 0 Å². The summed E-state index contributed by atoms with van der Waals surface area (Å²) in [5.41, 5.74) is 6.39. The number of nitrogens with one attached hydrogen (secondary N) is 2. The summed E-state index contributed by atoms with van der Waals surface area (Å²) in [7, 11) is 0. The highest BCUT2D eigenvalue weighted by molar-refractivity contribution is 6.30. The Morgan fingerprint density at radius 2 is 2.07 bits per heavy atom. The van der Waals surface area contributed by atoms with E-state index in [0.717, 1.165) is 30.3 Å². The smallest absolute Gasteiger partial charge is 0.0426 e. The van der Waals surface area contributed by atoms with E-state index in [1.165, 1.54) is 0 Å². The Labute approximate surface area is 89.6 Å². The highest BCUT2D eigenvalue weighted by atomic mass is 35.5. The molecular weight excluding hydrogens is 198 g/mol. The number of benzene rings is 1. The molecule has 4 heteroatoms. The highest BCUT2D eigenvalue weighted by Gasteiger charge is 1.91. The fourth-order valence-electron chi connectivity index (χ4n) is 1.12. The highest BCUT2D eigenvalue weighted by Crippen LogP contribution is 2.14. The molecule has 0 aliphatic carbocycles. The Kier molecular flexibility index (Phi) is 5.37. The molecule has 0 amide bonds. The molecule has 0 radical (unpaired) electrons. The van der Waals surface area contributed by atoms with E-state index in [9.17, 15) is 0 Å². The predicted molar refractivity (Wildman–Crippen MR) is 61.9 cm³/mol. The Morgan fingerprint density at radius 3 is 2.79 bits per heavy atom. The van der Waals surface area contributed by atoms with E-state index in [4.69, 9.17) is 17.3 Å². The molecule has 1 aromatic carbocycles. The van der Waals surface area contributed by atoms with E-state index in [1.807, 2.05) is 24.3 Å². The van der Waals surface area contributed by atoms with Crippen molar-refractivity contribution < 1.29 is 0 Å². The topological polar surface area (TPSA) is 50.1 Å². The zero-order chi connectivity index (χ0) is 10.2. The molecule has 0 aliphatic heterocycles. The molecule has 0 heterocycles. The Balaban J connectivity index is 2.18. The monoisotopic (exact) mass is 213 g/mol. The molecule has 0 fully saturated rings. The SMILES string of the molecule is NCCNCCNc1cccc(Cl)c1. The number of hydrogen-bond donors (Lipinski definition) is 3. The summed E-state index contributed by atoms with van der Waals surface area (Å²) in [5, 5.41) is 7.21. The molecule has 3 nitrogen and oxygen atoms in total. The third-order valence-corrected chi connectivity index (χ3v) is 2.01. The van der Waals surface area contributed by atoms with Crippen LogP contribution in [0.15, 0.2) is 24.3 Å². The van der Waals surface area contributed by atoms with Gasteiger partial charge in [-0.15, -0.1) is 0 Å². The lowest BCUT2D eigenvalue weighted by Gasteiger charge is -2.07. The van der Waals surface area contributed by atoms with Gasteiger partial charge in [-0.1, -0.05) is 17.7 Å². The third kappa shape index (κ3) is 4.46. The first-order valence-corrected chi connectivity index (χ1v) is 5.11. The molecule has 14 heavy (non-hydrogen) atoms. The Morgan fingerprint density at radius 1 is 1.21 bits per heavy atom. The van der Waals surface area contributed by atoms with Gasteiger partial charge in [-0.3, -0.25) is 0 Å². The van der Waals surface area contributed by atoms with E-state index in [1.54, 1.807) is 0 Å². The van der Waals surface area contributed by atoms with E-state index >= 15 is 0 Å². The van der Waals surface area contributed by atoms with Gasteiger partial charge in [-0.2, -0.15) is 0 Å². The van der Waals surface area contributed by atoms with Gasteiger partial charge in [-0.05, 0) is 18.2 Å². The maximum atomic E-state index is 5.84.